The minimum absolute atomic E-state index is 0. The van der Waals surface area contributed by atoms with Crippen LogP contribution in [0.2, 0.25) is 0 Å². The molecule has 2 unspecified atom stereocenters. The molecule has 0 heterocycles. The molecule has 44 valence electrons. The maximum atomic E-state index is 9.40. The molecule has 0 spiro atoms. The van der Waals surface area contributed by atoms with E-state index in [1.165, 1.54) is 4.86 Å². The molecule has 1 N–H and O–H groups in total. The van der Waals surface area contributed by atoms with E-state index in [4.69, 9.17) is 0 Å². The summed E-state index contributed by atoms with van der Waals surface area (Å²) in [6, 6.07) is 0. The SMILES string of the molecule is O=[PH]([O-])N[PH](=O)[O-].[Na+].[Na+]. The van der Waals surface area contributed by atoms with E-state index >= 15 is 0 Å². The Morgan fingerprint density at radius 3 is 1.22 bits per heavy atom. The van der Waals surface area contributed by atoms with Crippen molar-refractivity contribution in [1.82, 2.24) is 4.86 Å². The van der Waals surface area contributed by atoms with E-state index in [9.17, 15) is 18.9 Å². The Balaban J connectivity index is -0.000000180. The van der Waals surface area contributed by atoms with Gasteiger partial charge < -0.3 is 18.9 Å². The molecule has 9 heteroatoms. The predicted octanol–water partition coefficient (Wildman–Crippen LogP) is -7.92. The van der Waals surface area contributed by atoms with Crippen molar-refractivity contribution in [1.29, 1.82) is 0 Å². The number of rotatable bonds is 2. The van der Waals surface area contributed by atoms with Gasteiger partial charge in [-0.15, -0.1) is 0 Å². The zero-order valence-corrected chi connectivity index (χ0v) is 11.1. The summed E-state index contributed by atoms with van der Waals surface area (Å²) in [5, 5.41) is 0. The third-order valence-electron chi connectivity index (χ3n) is 0.204. The standard InChI is InChI=1S/H5NO4P2.2Na/c2-6(3)1-7(4)5;;/h6-7H,(H3,1,2,3,4,5);;/q;2*+1/p-2. The first-order valence-electron chi connectivity index (χ1n) is 1.32. The number of hydrogen-bond donors (Lipinski definition) is 1. The van der Waals surface area contributed by atoms with Crippen molar-refractivity contribution in [2.24, 2.45) is 0 Å². The van der Waals surface area contributed by atoms with Crippen molar-refractivity contribution >= 4 is 16.4 Å². The molecule has 0 aromatic rings. The molecule has 0 aromatic heterocycles. The zero-order valence-electron chi connectivity index (χ0n) is 5.13. The Hall–Kier alpha value is 2.34. The third kappa shape index (κ3) is 17.9. The van der Waals surface area contributed by atoms with Gasteiger partial charge in [-0.1, -0.05) is 0 Å². The Bertz CT molecular complexity index is 92.7. The van der Waals surface area contributed by atoms with Gasteiger partial charge in [-0.25, -0.2) is 4.86 Å². The van der Waals surface area contributed by atoms with Crippen molar-refractivity contribution in [3.63, 3.8) is 0 Å². The first kappa shape index (κ1) is 17.4. The fourth-order valence-corrected chi connectivity index (χ4v) is 0.750. The van der Waals surface area contributed by atoms with Crippen molar-refractivity contribution in [3.8, 4) is 0 Å². The smallest absolute Gasteiger partial charge is 0.790 e. The quantitative estimate of drug-likeness (QED) is 0.344. The summed E-state index contributed by atoms with van der Waals surface area (Å²) in [5.41, 5.74) is 0. The predicted molar refractivity (Wildman–Crippen MR) is 21.1 cm³/mol. The van der Waals surface area contributed by atoms with Gasteiger partial charge in [-0.3, -0.25) is 0 Å². The molecule has 0 saturated heterocycles. The Labute approximate surface area is 98.0 Å². The van der Waals surface area contributed by atoms with Gasteiger partial charge in [0.2, 0.25) is 0 Å². The average molecular weight is 189 g/mol. The summed E-state index contributed by atoms with van der Waals surface area (Å²) in [5.74, 6) is 0. The summed E-state index contributed by atoms with van der Waals surface area (Å²) in [6.07, 6.45) is 0. The topological polar surface area (TPSA) is 92.3 Å². The zero-order chi connectivity index (χ0) is 5.86. The molecule has 0 aliphatic heterocycles. The molecular formula is H3NNa2O4P2. The van der Waals surface area contributed by atoms with Crippen LogP contribution in [0.1, 0.15) is 0 Å². The Morgan fingerprint density at radius 2 is 1.22 bits per heavy atom. The summed E-state index contributed by atoms with van der Waals surface area (Å²) in [6.45, 7) is 0. The second-order valence-corrected chi connectivity index (χ2v) is 2.85. The van der Waals surface area contributed by atoms with Crippen molar-refractivity contribution in [2.75, 3.05) is 0 Å². The molecule has 9 heavy (non-hydrogen) atoms. The summed E-state index contributed by atoms with van der Waals surface area (Å²) >= 11 is 0. The molecule has 0 bridgehead atoms. The third-order valence-corrected chi connectivity index (χ3v) is 1.84. The fraction of sp³-hybridized carbons (Fsp3) is 0. The second-order valence-electron chi connectivity index (χ2n) is 0.700. The Morgan fingerprint density at radius 1 is 1.00 bits per heavy atom. The second kappa shape index (κ2) is 10.3. The largest absolute Gasteiger partial charge is 1.00 e. The van der Waals surface area contributed by atoms with E-state index < -0.39 is 16.4 Å². The molecule has 2 atom stereocenters. The molecule has 0 aromatic carbocycles. The van der Waals surface area contributed by atoms with Gasteiger partial charge in [-0.05, 0) is 0 Å². The van der Waals surface area contributed by atoms with Crippen LogP contribution in [0.5, 0.6) is 0 Å². The van der Waals surface area contributed by atoms with Crippen LogP contribution in [0.4, 0.5) is 0 Å². The van der Waals surface area contributed by atoms with Crippen molar-refractivity contribution in [2.45, 2.75) is 0 Å². The van der Waals surface area contributed by atoms with E-state index in [0.717, 1.165) is 0 Å². The Kier molecular flexibility index (Phi) is 20.0. The van der Waals surface area contributed by atoms with Gasteiger partial charge >= 0.3 is 59.1 Å². The normalized spacial score (nSPS) is 14.4. The molecule has 0 saturated carbocycles. The van der Waals surface area contributed by atoms with Crippen molar-refractivity contribution in [3.05, 3.63) is 0 Å². The maximum Gasteiger partial charge on any atom is 1.00 e. The van der Waals surface area contributed by atoms with Gasteiger partial charge in [0.15, 0.2) is 0 Å². The van der Waals surface area contributed by atoms with Crippen LogP contribution in [0.25, 0.3) is 0 Å². The van der Waals surface area contributed by atoms with Crippen molar-refractivity contribution < 1.29 is 78.0 Å². The fourth-order valence-electron chi connectivity index (χ4n) is 0.0833. The van der Waals surface area contributed by atoms with E-state index in [0.29, 0.717) is 0 Å². The van der Waals surface area contributed by atoms with Gasteiger partial charge in [0.25, 0.3) is 0 Å². The summed E-state index contributed by atoms with van der Waals surface area (Å²) < 4.78 is 18.8. The van der Waals surface area contributed by atoms with Crippen LogP contribution in [-0.4, -0.2) is 0 Å². The van der Waals surface area contributed by atoms with Crippen LogP contribution in [0.15, 0.2) is 0 Å². The molecular weight excluding hydrogens is 186 g/mol. The molecule has 0 amide bonds. The van der Waals surface area contributed by atoms with Crippen LogP contribution in [0.3, 0.4) is 0 Å². The molecule has 0 radical (unpaired) electrons. The van der Waals surface area contributed by atoms with Crippen LogP contribution in [0, 0.1) is 0 Å². The van der Waals surface area contributed by atoms with Gasteiger partial charge in [0.05, 0.1) is 16.4 Å². The summed E-state index contributed by atoms with van der Waals surface area (Å²) in [4.78, 5) is 20.1. The van der Waals surface area contributed by atoms with E-state index in [2.05, 4.69) is 0 Å². The average Bonchev–Trinajstić information content (AvgIpc) is 1.27. The maximum absolute atomic E-state index is 9.40. The van der Waals surface area contributed by atoms with Gasteiger partial charge in [0, 0.05) is 0 Å². The number of hydrogen-bond acceptors (Lipinski definition) is 4. The molecule has 0 aliphatic rings. The van der Waals surface area contributed by atoms with Gasteiger partial charge in [0.1, 0.15) is 0 Å². The minimum Gasteiger partial charge on any atom is -0.790 e. The minimum atomic E-state index is -3.26. The van der Waals surface area contributed by atoms with Crippen LogP contribution >= 0.6 is 16.4 Å². The van der Waals surface area contributed by atoms with E-state index in [1.807, 2.05) is 0 Å². The van der Waals surface area contributed by atoms with E-state index in [-0.39, 0.29) is 59.1 Å². The molecule has 0 aliphatic carbocycles. The summed E-state index contributed by atoms with van der Waals surface area (Å²) in [7, 11) is -6.53. The first-order chi connectivity index (χ1) is 3.13. The monoisotopic (exact) mass is 189 g/mol. The molecule has 0 fully saturated rings. The van der Waals surface area contributed by atoms with E-state index in [1.54, 1.807) is 0 Å². The van der Waals surface area contributed by atoms with Crippen LogP contribution < -0.4 is 73.8 Å². The van der Waals surface area contributed by atoms with Gasteiger partial charge in [-0.2, -0.15) is 0 Å². The first-order valence-corrected chi connectivity index (χ1v) is 3.95. The molecule has 0 rings (SSSR count). The molecule has 5 nitrogen and oxygen atoms in total. The number of nitrogens with one attached hydrogen (secondary N) is 1. The van der Waals surface area contributed by atoms with Crippen LogP contribution in [-0.2, 0) is 9.13 Å².